The third kappa shape index (κ3) is 5.86. The van der Waals surface area contributed by atoms with Gasteiger partial charge in [0.05, 0.1) is 17.4 Å². The van der Waals surface area contributed by atoms with E-state index in [-0.39, 0.29) is 5.75 Å². The summed E-state index contributed by atoms with van der Waals surface area (Å²) in [6.45, 7) is 0. The molecule has 0 saturated carbocycles. The molecule has 0 aliphatic rings. The Hall–Kier alpha value is -3.30. The Kier molecular flexibility index (Phi) is 6.30. The van der Waals surface area contributed by atoms with Crippen molar-refractivity contribution in [1.82, 2.24) is 0 Å². The summed E-state index contributed by atoms with van der Waals surface area (Å²) in [5, 5.41) is 12.1. The maximum atomic E-state index is 12.3. The summed E-state index contributed by atoms with van der Waals surface area (Å²) in [6, 6.07) is 26.1. The topological polar surface area (TPSA) is 82.0 Å². The van der Waals surface area contributed by atoms with Crippen molar-refractivity contribution in [2.24, 2.45) is 0 Å². The van der Waals surface area contributed by atoms with Crippen molar-refractivity contribution in [3.63, 3.8) is 0 Å². The van der Waals surface area contributed by atoms with E-state index in [1.165, 1.54) is 0 Å². The number of hydrogen-bond acceptors (Lipinski definition) is 4. The standard InChI is InChI=1S/C22H21N3O2S/c23-17-19-8-4-10-22(16-19)24-20-11-13-21(14-12-20)25-28(26,27)15-5-9-18-6-2-1-3-7-18/h1-4,6-8,10-14,16,24-25H,5,9,15H2. The van der Waals surface area contributed by atoms with Crippen LogP contribution >= 0.6 is 0 Å². The van der Waals surface area contributed by atoms with E-state index in [9.17, 15) is 8.42 Å². The van der Waals surface area contributed by atoms with Crippen LogP contribution in [-0.4, -0.2) is 14.2 Å². The van der Waals surface area contributed by atoms with Crippen molar-refractivity contribution in [3.8, 4) is 6.07 Å². The van der Waals surface area contributed by atoms with E-state index < -0.39 is 10.0 Å². The maximum absolute atomic E-state index is 12.3. The molecule has 0 fully saturated rings. The third-order valence-corrected chi connectivity index (χ3v) is 5.53. The molecule has 0 aromatic heterocycles. The van der Waals surface area contributed by atoms with Crippen LogP contribution in [0, 0.1) is 11.3 Å². The summed E-state index contributed by atoms with van der Waals surface area (Å²) < 4.78 is 27.2. The van der Waals surface area contributed by atoms with Gasteiger partial charge in [0, 0.05) is 17.1 Å². The van der Waals surface area contributed by atoms with E-state index >= 15 is 0 Å². The largest absolute Gasteiger partial charge is 0.355 e. The van der Waals surface area contributed by atoms with E-state index in [0.717, 1.165) is 23.4 Å². The number of nitrogens with one attached hydrogen (secondary N) is 2. The molecule has 3 aromatic rings. The average molecular weight is 391 g/mol. The fourth-order valence-corrected chi connectivity index (χ4v) is 3.92. The number of sulfonamides is 1. The predicted octanol–water partition coefficient (Wildman–Crippen LogP) is 4.68. The Morgan fingerprint density at radius 2 is 1.54 bits per heavy atom. The number of nitrogens with zero attached hydrogens (tertiary/aromatic N) is 1. The van der Waals surface area contributed by atoms with E-state index in [1.54, 1.807) is 42.5 Å². The maximum Gasteiger partial charge on any atom is 0.232 e. The first-order valence-corrected chi connectivity index (χ1v) is 10.6. The lowest BCUT2D eigenvalue weighted by Crippen LogP contribution is -2.17. The van der Waals surface area contributed by atoms with Crippen LogP contribution in [0.2, 0.25) is 0 Å². The lowest BCUT2D eigenvalue weighted by atomic mass is 10.1. The highest BCUT2D eigenvalue weighted by Crippen LogP contribution is 2.20. The first-order chi connectivity index (χ1) is 13.5. The summed E-state index contributed by atoms with van der Waals surface area (Å²) >= 11 is 0. The van der Waals surface area contributed by atoms with Crippen molar-refractivity contribution < 1.29 is 8.42 Å². The zero-order valence-electron chi connectivity index (χ0n) is 15.3. The first kappa shape index (κ1) is 19.5. The molecule has 0 bridgehead atoms. The highest BCUT2D eigenvalue weighted by molar-refractivity contribution is 7.92. The molecule has 5 nitrogen and oxygen atoms in total. The van der Waals surface area contributed by atoms with Crippen LogP contribution in [0.4, 0.5) is 17.1 Å². The number of benzene rings is 3. The molecule has 142 valence electrons. The summed E-state index contributed by atoms with van der Waals surface area (Å²) in [5.74, 6) is 0.0723. The molecule has 3 rings (SSSR count). The Morgan fingerprint density at radius 1 is 0.821 bits per heavy atom. The lowest BCUT2D eigenvalue weighted by Gasteiger charge is -2.10. The van der Waals surface area contributed by atoms with Gasteiger partial charge >= 0.3 is 0 Å². The minimum Gasteiger partial charge on any atom is -0.355 e. The van der Waals surface area contributed by atoms with Gasteiger partial charge in [0.25, 0.3) is 0 Å². The SMILES string of the molecule is N#Cc1cccc(Nc2ccc(NS(=O)(=O)CCCc3ccccc3)cc2)c1. The van der Waals surface area contributed by atoms with Crippen LogP contribution in [0.3, 0.4) is 0 Å². The van der Waals surface area contributed by atoms with E-state index in [4.69, 9.17) is 5.26 Å². The molecule has 0 amide bonds. The minimum atomic E-state index is -3.39. The van der Waals surface area contributed by atoms with Gasteiger partial charge in [-0.3, -0.25) is 4.72 Å². The van der Waals surface area contributed by atoms with Gasteiger partial charge in [0.2, 0.25) is 10.0 Å². The second kappa shape index (κ2) is 9.07. The van der Waals surface area contributed by atoms with Crippen molar-refractivity contribution >= 4 is 27.1 Å². The van der Waals surface area contributed by atoms with Gasteiger partial charge < -0.3 is 5.32 Å². The molecule has 0 radical (unpaired) electrons. The normalized spacial score (nSPS) is 10.8. The van der Waals surface area contributed by atoms with Gasteiger partial charge in [-0.15, -0.1) is 0 Å². The molecular formula is C22H21N3O2S. The second-order valence-electron chi connectivity index (χ2n) is 6.41. The Balaban J connectivity index is 1.54. The molecule has 0 heterocycles. The highest BCUT2D eigenvalue weighted by Gasteiger charge is 2.10. The summed E-state index contributed by atoms with van der Waals surface area (Å²) in [4.78, 5) is 0. The minimum absolute atomic E-state index is 0.0723. The summed E-state index contributed by atoms with van der Waals surface area (Å²) in [7, 11) is -3.39. The molecular weight excluding hydrogens is 370 g/mol. The number of anilines is 3. The van der Waals surface area contributed by atoms with E-state index in [0.29, 0.717) is 17.7 Å². The Morgan fingerprint density at radius 3 is 2.25 bits per heavy atom. The first-order valence-electron chi connectivity index (χ1n) is 8.96. The van der Waals surface area contributed by atoms with Crippen LogP contribution < -0.4 is 10.0 Å². The van der Waals surface area contributed by atoms with Crippen LogP contribution in [0.25, 0.3) is 0 Å². The smallest absolute Gasteiger partial charge is 0.232 e. The van der Waals surface area contributed by atoms with Crippen LogP contribution in [0.1, 0.15) is 17.5 Å². The van der Waals surface area contributed by atoms with Crippen molar-refractivity contribution in [2.45, 2.75) is 12.8 Å². The lowest BCUT2D eigenvalue weighted by molar-refractivity contribution is 0.598. The fraction of sp³-hybridized carbons (Fsp3) is 0.136. The van der Waals surface area contributed by atoms with Crippen molar-refractivity contribution in [3.05, 3.63) is 90.0 Å². The zero-order valence-corrected chi connectivity index (χ0v) is 16.1. The van der Waals surface area contributed by atoms with Crippen LogP contribution in [0.5, 0.6) is 0 Å². The molecule has 0 aliphatic carbocycles. The molecule has 3 aromatic carbocycles. The number of rotatable bonds is 8. The molecule has 28 heavy (non-hydrogen) atoms. The average Bonchev–Trinajstić information content (AvgIpc) is 2.70. The van der Waals surface area contributed by atoms with Crippen molar-refractivity contribution in [2.75, 3.05) is 15.8 Å². The molecule has 0 atom stereocenters. The predicted molar refractivity (Wildman–Crippen MR) is 113 cm³/mol. The molecule has 0 spiro atoms. The number of nitriles is 1. The zero-order chi connectivity index (χ0) is 19.8. The van der Waals surface area contributed by atoms with Gasteiger partial charge in [-0.25, -0.2) is 8.42 Å². The quantitative estimate of drug-likeness (QED) is 0.584. The van der Waals surface area contributed by atoms with Gasteiger partial charge in [0.15, 0.2) is 0 Å². The second-order valence-corrected chi connectivity index (χ2v) is 8.25. The fourth-order valence-electron chi connectivity index (χ4n) is 2.80. The third-order valence-electron chi connectivity index (χ3n) is 4.16. The van der Waals surface area contributed by atoms with Crippen LogP contribution in [0.15, 0.2) is 78.9 Å². The Bertz CT molecular complexity index is 1060. The summed E-state index contributed by atoms with van der Waals surface area (Å²) in [5.41, 5.74) is 3.84. The van der Waals surface area contributed by atoms with Gasteiger partial charge in [-0.2, -0.15) is 5.26 Å². The van der Waals surface area contributed by atoms with E-state index in [2.05, 4.69) is 16.1 Å². The molecule has 0 aliphatic heterocycles. The number of hydrogen-bond donors (Lipinski definition) is 2. The molecule has 6 heteroatoms. The number of aryl methyl sites for hydroxylation is 1. The molecule has 0 unspecified atom stereocenters. The van der Waals surface area contributed by atoms with Gasteiger partial charge in [-0.05, 0) is 60.9 Å². The van der Waals surface area contributed by atoms with Crippen molar-refractivity contribution in [1.29, 1.82) is 5.26 Å². The summed E-state index contributed by atoms with van der Waals surface area (Å²) in [6.07, 6.45) is 1.29. The van der Waals surface area contributed by atoms with E-state index in [1.807, 2.05) is 36.4 Å². The van der Waals surface area contributed by atoms with Gasteiger partial charge in [-0.1, -0.05) is 36.4 Å². The highest BCUT2D eigenvalue weighted by atomic mass is 32.2. The Labute approximate surface area is 165 Å². The molecule has 2 N–H and O–H groups in total. The van der Waals surface area contributed by atoms with Gasteiger partial charge in [0.1, 0.15) is 0 Å². The monoisotopic (exact) mass is 391 g/mol. The van der Waals surface area contributed by atoms with Crippen LogP contribution in [-0.2, 0) is 16.4 Å². The molecule has 0 saturated heterocycles.